The van der Waals surface area contributed by atoms with Crippen LogP contribution in [0.4, 0.5) is 0 Å². The van der Waals surface area contributed by atoms with Crippen LogP contribution in [0.25, 0.3) is 5.65 Å². The van der Waals surface area contributed by atoms with Gasteiger partial charge in [-0.2, -0.15) is 0 Å². The molecule has 1 aliphatic rings. The number of amides is 1. The quantitative estimate of drug-likeness (QED) is 0.677. The lowest BCUT2D eigenvalue weighted by molar-refractivity contribution is -0.134. The molecule has 0 unspecified atom stereocenters. The Balaban J connectivity index is 1.44. The lowest BCUT2D eigenvalue weighted by atomic mass is 9.86. The minimum absolute atomic E-state index is 0.0206. The summed E-state index contributed by atoms with van der Waals surface area (Å²) >= 11 is 0. The molecule has 1 saturated heterocycles. The molecule has 3 heterocycles. The highest BCUT2D eigenvalue weighted by atomic mass is 16.5. The molecule has 0 saturated carbocycles. The largest absolute Gasteiger partial charge is 0.483 e. The van der Waals surface area contributed by atoms with Crippen LogP contribution in [0.1, 0.15) is 50.9 Å². The summed E-state index contributed by atoms with van der Waals surface area (Å²) in [6.45, 7) is 7.91. The lowest BCUT2D eigenvalue weighted by Crippen LogP contribution is -2.42. The third kappa shape index (κ3) is 4.11. The first-order valence-electron chi connectivity index (χ1n) is 10.2. The standard InChI is InChI=1S/C23H28N4O2/c1-23(2,3)18-10-4-5-11-19(18)29-16-21(28)26-13-8-9-17(15-26)22-25-24-20-12-6-7-14-27(20)22/h4-7,10-12,14,17H,8-9,13,15-16H2,1-3H3/t17-/m0/s1. The second-order valence-corrected chi connectivity index (χ2v) is 8.70. The van der Waals surface area contributed by atoms with Gasteiger partial charge in [0.15, 0.2) is 12.3 Å². The topological polar surface area (TPSA) is 59.7 Å². The fourth-order valence-corrected chi connectivity index (χ4v) is 4.00. The monoisotopic (exact) mass is 392 g/mol. The van der Waals surface area contributed by atoms with E-state index in [0.717, 1.165) is 42.2 Å². The van der Waals surface area contributed by atoms with Crippen molar-refractivity contribution in [2.24, 2.45) is 0 Å². The van der Waals surface area contributed by atoms with Gasteiger partial charge in [-0.05, 0) is 42.0 Å². The average molecular weight is 393 g/mol. The third-order valence-electron chi connectivity index (χ3n) is 5.53. The first kappa shape index (κ1) is 19.4. The van der Waals surface area contributed by atoms with E-state index in [1.165, 1.54) is 0 Å². The van der Waals surface area contributed by atoms with E-state index in [1.54, 1.807) is 0 Å². The molecule has 1 fully saturated rings. The number of carbonyl (C=O) groups is 1. The molecule has 3 aromatic rings. The predicted molar refractivity (Wildman–Crippen MR) is 112 cm³/mol. The van der Waals surface area contributed by atoms with Crippen molar-refractivity contribution < 1.29 is 9.53 Å². The number of nitrogens with zero attached hydrogens (tertiary/aromatic N) is 4. The van der Waals surface area contributed by atoms with E-state index >= 15 is 0 Å². The maximum Gasteiger partial charge on any atom is 0.260 e. The van der Waals surface area contributed by atoms with E-state index < -0.39 is 0 Å². The number of fused-ring (bicyclic) bond motifs is 1. The Labute approximate surface area is 171 Å². The first-order valence-corrected chi connectivity index (χ1v) is 10.2. The summed E-state index contributed by atoms with van der Waals surface area (Å²) in [5, 5.41) is 8.65. The van der Waals surface area contributed by atoms with Crippen LogP contribution >= 0.6 is 0 Å². The molecule has 2 aromatic heterocycles. The van der Waals surface area contributed by atoms with Gasteiger partial charge in [0, 0.05) is 25.2 Å². The van der Waals surface area contributed by atoms with E-state index in [2.05, 4.69) is 37.0 Å². The van der Waals surface area contributed by atoms with Crippen molar-refractivity contribution in [3.63, 3.8) is 0 Å². The van der Waals surface area contributed by atoms with Crippen LogP contribution in [0, 0.1) is 0 Å². The second kappa shape index (κ2) is 7.85. The van der Waals surface area contributed by atoms with Crippen LogP contribution in [-0.2, 0) is 10.2 Å². The number of likely N-dealkylation sites (tertiary alicyclic amines) is 1. The van der Waals surface area contributed by atoms with Gasteiger partial charge in [-0.15, -0.1) is 10.2 Å². The molecular weight excluding hydrogens is 364 g/mol. The molecular formula is C23H28N4O2. The highest BCUT2D eigenvalue weighted by Crippen LogP contribution is 2.31. The smallest absolute Gasteiger partial charge is 0.260 e. The number of benzene rings is 1. The maximum atomic E-state index is 12.9. The van der Waals surface area contributed by atoms with Crippen molar-refractivity contribution in [2.75, 3.05) is 19.7 Å². The van der Waals surface area contributed by atoms with Gasteiger partial charge < -0.3 is 9.64 Å². The van der Waals surface area contributed by atoms with Crippen molar-refractivity contribution in [2.45, 2.75) is 44.9 Å². The number of piperidine rings is 1. The van der Waals surface area contributed by atoms with Crippen LogP contribution < -0.4 is 4.74 Å². The van der Waals surface area contributed by atoms with Gasteiger partial charge in [-0.3, -0.25) is 9.20 Å². The SMILES string of the molecule is CC(C)(C)c1ccccc1OCC(=O)N1CCC[C@H](c2nnc3ccccn23)C1. The van der Waals surface area contributed by atoms with Gasteiger partial charge in [0.05, 0.1) is 0 Å². The Morgan fingerprint density at radius 3 is 2.76 bits per heavy atom. The van der Waals surface area contributed by atoms with Crippen LogP contribution in [0.15, 0.2) is 48.7 Å². The zero-order valence-electron chi connectivity index (χ0n) is 17.3. The normalized spacial score (nSPS) is 17.5. The molecule has 6 nitrogen and oxygen atoms in total. The van der Waals surface area contributed by atoms with E-state index in [9.17, 15) is 4.79 Å². The van der Waals surface area contributed by atoms with E-state index in [4.69, 9.17) is 4.74 Å². The number of aromatic nitrogens is 3. The molecule has 1 aliphatic heterocycles. The van der Waals surface area contributed by atoms with E-state index in [-0.39, 0.29) is 23.8 Å². The van der Waals surface area contributed by atoms with Crippen LogP contribution in [-0.4, -0.2) is 45.1 Å². The summed E-state index contributed by atoms with van der Waals surface area (Å²) in [6, 6.07) is 13.8. The minimum atomic E-state index is -0.0371. The van der Waals surface area contributed by atoms with Crippen molar-refractivity contribution >= 4 is 11.6 Å². The molecule has 1 atom stereocenters. The van der Waals surface area contributed by atoms with Gasteiger partial charge in [-0.1, -0.05) is 45.0 Å². The fourth-order valence-electron chi connectivity index (χ4n) is 4.00. The number of hydrogen-bond acceptors (Lipinski definition) is 4. The van der Waals surface area contributed by atoms with E-state index in [1.807, 2.05) is 51.9 Å². The summed E-state index contributed by atoms with van der Waals surface area (Å²) in [6.07, 6.45) is 3.95. The molecule has 1 amide bonds. The molecule has 29 heavy (non-hydrogen) atoms. The highest BCUT2D eigenvalue weighted by Gasteiger charge is 2.28. The van der Waals surface area contributed by atoms with Crippen molar-refractivity contribution in [3.8, 4) is 5.75 Å². The third-order valence-corrected chi connectivity index (χ3v) is 5.53. The Morgan fingerprint density at radius 2 is 1.93 bits per heavy atom. The van der Waals surface area contributed by atoms with Gasteiger partial charge in [0.25, 0.3) is 5.91 Å². The summed E-state index contributed by atoms with van der Waals surface area (Å²) in [7, 11) is 0. The molecule has 0 N–H and O–H groups in total. The zero-order valence-corrected chi connectivity index (χ0v) is 17.3. The predicted octanol–water partition coefficient (Wildman–Crippen LogP) is 3.81. The Morgan fingerprint density at radius 1 is 1.14 bits per heavy atom. The Kier molecular flexibility index (Phi) is 5.26. The minimum Gasteiger partial charge on any atom is -0.483 e. The fraction of sp³-hybridized carbons (Fsp3) is 0.435. The summed E-state index contributed by atoms with van der Waals surface area (Å²) in [5.74, 6) is 1.92. The van der Waals surface area contributed by atoms with Crippen molar-refractivity contribution in [3.05, 3.63) is 60.0 Å². The van der Waals surface area contributed by atoms with Gasteiger partial charge in [-0.25, -0.2) is 0 Å². The maximum absolute atomic E-state index is 12.9. The van der Waals surface area contributed by atoms with Crippen molar-refractivity contribution in [1.29, 1.82) is 0 Å². The van der Waals surface area contributed by atoms with Crippen molar-refractivity contribution in [1.82, 2.24) is 19.5 Å². The summed E-state index contributed by atoms with van der Waals surface area (Å²) < 4.78 is 7.97. The summed E-state index contributed by atoms with van der Waals surface area (Å²) in [5.41, 5.74) is 1.91. The van der Waals surface area contributed by atoms with Crippen LogP contribution in [0.5, 0.6) is 5.75 Å². The summed E-state index contributed by atoms with van der Waals surface area (Å²) in [4.78, 5) is 14.8. The number of hydrogen-bond donors (Lipinski definition) is 0. The highest BCUT2D eigenvalue weighted by molar-refractivity contribution is 5.78. The second-order valence-electron chi connectivity index (χ2n) is 8.70. The van der Waals surface area contributed by atoms with Crippen LogP contribution in [0.3, 0.4) is 0 Å². The van der Waals surface area contributed by atoms with Gasteiger partial charge in [0.1, 0.15) is 11.6 Å². The number of ether oxygens (including phenoxy) is 1. The van der Waals surface area contributed by atoms with Gasteiger partial charge >= 0.3 is 0 Å². The molecule has 152 valence electrons. The number of carbonyl (C=O) groups excluding carboxylic acids is 1. The van der Waals surface area contributed by atoms with Crippen LogP contribution in [0.2, 0.25) is 0 Å². The number of para-hydroxylation sites is 1. The average Bonchev–Trinajstić information content (AvgIpc) is 3.16. The zero-order chi connectivity index (χ0) is 20.4. The molecule has 0 spiro atoms. The molecule has 0 radical (unpaired) electrons. The molecule has 0 bridgehead atoms. The number of pyridine rings is 1. The molecule has 4 rings (SSSR count). The van der Waals surface area contributed by atoms with E-state index in [0.29, 0.717) is 6.54 Å². The number of rotatable bonds is 4. The Hall–Kier alpha value is -2.89. The molecule has 0 aliphatic carbocycles. The molecule has 1 aromatic carbocycles. The lowest BCUT2D eigenvalue weighted by Gasteiger charge is -2.32. The Bertz CT molecular complexity index is 1010. The molecule has 6 heteroatoms. The van der Waals surface area contributed by atoms with Gasteiger partial charge in [0.2, 0.25) is 0 Å². The first-order chi connectivity index (χ1) is 13.9.